The molecule has 0 aliphatic rings. The topological polar surface area (TPSA) is 99.4 Å². The van der Waals surface area contributed by atoms with E-state index in [2.05, 4.69) is 21.2 Å². The van der Waals surface area contributed by atoms with Gasteiger partial charge in [0, 0.05) is 5.69 Å². The number of carbonyl (C=O) groups is 2. The predicted octanol–water partition coefficient (Wildman–Crippen LogP) is 6.43. The second kappa shape index (κ2) is 10.7. The maximum atomic E-state index is 12.7. The largest absolute Gasteiger partial charge is 0.488 e. The molecule has 4 aromatic carbocycles. The van der Waals surface area contributed by atoms with Gasteiger partial charge in [-0.15, -0.1) is 0 Å². The fourth-order valence-corrected chi connectivity index (χ4v) is 3.92. The number of anilines is 1. The van der Waals surface area contributed by atoms with E-state index in [0.29, 0.717) is 21.5 Å². The molecule has 7 heteroatoms. The van der Waals surface area contributed by atoms with E-state index < -0.39 is 11.9 Å². The van der Waals surface area contributed by atoms with Gasteiger partial charge in [-0.3, -0.25) is 4.79 Å². The van der Waals surface area contributed by atoms with Crippen molar-refractivity contribution in [3.63, 3.8) is 0 Å². The summed E-state index contributed by atoms with van der Waals surface area (Å²) in [5.41, 5.74) is 2.26. The van der Waals surface area contributed by atoms with Crippen molar-refractivity contribution in [2.45, 2.75) is 6.61 Å². The summed E-state index contributed by atoms with van der Waals surface area (Å²) in [5.74, 6) is -0.904. The Morgan fingerprint density at radius 2 is 1.71 bits per heavy atom. The molecule has 6 nitrogen and oxygen atoms in total. The minimum absolute atomic E-state index is 0.0303. The highest BCUT2D eigenvalue weighted by Gasteiger charge is 2.11. The molecule has 0 bridgehead atoms. The Morgan fingerprint density at radius 1 is 0.971 bits per heavy atom. The molecule has 172 valence electrons. The zero-order chi connectivity index (χ0) is 24.8. The van der Waals surface area contributed by atoms with Gasteiger partial charge in [0.2, 0.25) is 0 Å². The van der Waals surface area contributed by atoms with E-state index >= 15 is 0 Å². The first-order valence-electron chi connectivity index (χ1n) is 10.6. The normalized spacial score (nSPS) is 11.0. The minimum Gasteiger partial charge on any atom is -0.488 e. The van der Waals surface area contributed by atoms with E-state index in [1.807, 2.05) is 42.5 Å². The van der Waals surface area contributed by atoms with Crippen LogP contribution in [0.2, 0.25) is 0 Å². The van der Waals surface area contributed by atoms with Gasteiger partial charge >= 0.3 is 5.97 Å². The Labute approximate surface area is 210 Å². The molecule has 4 rings (SSSR count). The third-order valence-corrected chi connectivity index (χ3v) is 5.85. The number of nitrogens with one attached hydrogen (secondary N) is 1. The molecule has 0 aliphatic heterocycles. The number of fused-ring (bicyclic) bond motifs is 1. The van der Waals surface area contributed by atoms with Crippen molar-refractivity contribution in [2.75, 3.05) is 5.32 Å². The molecule has 4 aromatic rings. The number of carbonyl (C=O) groups excluding carboxylic acids is 1. The van der Waals surface area contributed by atoms with Gasteiger partial charge in [0.15, 0.2) is 0 Å². The van der Waals surface area contributed by atoms with Crippen LogP contribution in [-0.2, 0) is 11.4 Å². The van der Waals surface area contributed by atoms with Gasteiger partial charge in [0.1, 0.15) is 24.0 Å². The van der Waals surface area contributed by atoms with Crippen LogP contribution in [0.1, 0.15) is 21.5 Å². The number of rotatable bonds is 7. The van der Waals surface area contributed by atoms with Gasteiger partial charge in [-0.1, -0.05) is 48.5 Å². The Bertz CT molecular complexity index is 1490. The van der Waals surface area contributed by atoms with Gasteiger partial charge in [-0.2, -0.15) is 5.26 Å². The lowest BCUT2D eigenvalue weighted by Gasteiger charge is -2.10. The lowest BCUT2D eigenvalue weighted by atomic mass is 10.1. The molecular weight excluding hydrogens is 508 g/mol. The highest BCUT2D eigenvalue weighted by Crippen LogP contribution is 2.28. The average molecular weight is 527 g/mol. The maximum absolute atomic E-state index is 12.7. The molecule has 0 aromatic heterocycles. The van der Waals surface area contributed by atoms with Crippen LogP contribution in [0.25, 0.3) is 16.8 Å². The first kappa shape index (κ1) is 23.7. The standard InChI is InChI=1S/C28H19BrN2O4/c29-25-14-19(7-12-26(25)35-17-18-5-8-21(9-6-18)28(33)34)13-23(16-30)27(32)31-24-11-10-20-3-1-2-4-22(20)15-24/h1-15H,17H2,(H,31,32)(H,33,34)/b23-13+. The number of ether oxygens (including phenoxy) is 1. The van der Waals surface area contributed by atoms with Crippen molar-refractivity contribution in [2.24, 2.45) is 0 Å². The number of amides is 1. The van der Waals surface area contributed by atoms with Crippen LogP contribution in [0.3, 0.4) is 0 Å². The van der Waals surface area contributed by atoms with E-state index in [9.17, 15) is 14.9 Å². The number of hydrogen-bond acceptors (Lipinski definition) is 4. The number of hydrogen-bond donors (Lipinski definition) is 2. The minimum atomic E-state index is -0.980. The number of carboxylic acid groups (broad SMARTS) is 1. The first-order valence-corrected chi connectivity index (χ1v) is 11.4. The molecule has 0 spiro atoms. The summed E-state index contributed by atoms with van der Waals surface area (Å²) in [6.07, 6.45) is 1.51. The molecule has 0 fully saturated rings. The van der Waals surface area contributed by atoms with Gasteiger partial charge in [-0.25, -0.2) is 4.79 Å². The second-order valence-electron chi connectivity index (χ2n) is 7.67. The quantitative estimate of drug-likeness (QED) is 0.213. The molecule has 2 N–H and O–H groups in total. The summed E-state index contributed by atoms with van der Waals surface area (Å²) >= 11 is 3.46. The molecule has 0 radical (unpaired) electrons. The van der Waals surface area contributed by atoms with Crippen LogP contribution in [0.5, 0.6) is 5.75 Å². The van der Waals surface area contributed by atoms with Crippen molar-refractivity contribution in [1.82, 2.24) is 0 Å². The summed E-state index contributed by atoms with van der Waals surface area (Å²) in [7, 11) is 0. The Kier molecular flexibility index (Phi) is 7.24. The summed E-state index contributed by atoms with van der Waals surface area (Å²) in [6, 6.07) is 27.0. The number of benzene rings is 4. The number of aromatic carboxylic acids is 1. The van der Waals surface area contributed by atoms with Crippen LogP contribution in [0.15, 0.2) is 95.0 Å². The lowest BCUT2D eigenvalue weighted by molar-refractivity contribution is -0.112. The van der Waals surface area contributed by atoms with E-state index in [1.54, 1.807) is 36.4 Å². The highest BCUT2D eigenvalue weighted by molar-refractivity contribution is 9.10. The first-order chi connectivity index (χ1) is 16.9. The van der Waals surface area contributed by atoms with Gasteiger partial charge < -0.3 is 15.2 Å². The molecule has 0 heterocycles. The molecule has 0 atom stereocenters. The van der Waals surface area contributed by atoms with Gasteiger partial charge in [0.05, 0.1) is 10.0 Å². The number of halogens is 1. The van der Waals surface area contributed by atoms with E-state index in [4.69, 9.17) is 9.84 Å². The summed E-state index contributed by atoms with van der Waals surface area (Å²) in [6.45, 7) is 0.255. The molecule has 0 unspecified atom stereocenters. The number of nitrogens with zero attached hydrogens (tertiary/aromatic N) is 1. The van der Waals surface area contributed by atoms with E-state index in [-0.39, 0.29) is 17.7 Å². The third-order valence-electron chi connectivity index (χ3n) is 5.23. The Morgan fingerprint density at radius 3 is 2.40 bits per heavy atom. The fraction of sp³-hybridized carbons (Fsp3) is 0.0357. The highest BCUT2D eigenvalue weighted by atomic mass is 79.9. The predicted molar refractivity (Wildman–Crippen MR) is 138 cm³/mol. The van der Waals surface area contributed by atoms with Crippen LogP contribution in [-0.4, -0.2) is 17.0 Å². The summed E-state index contributed by atoms with van der Waals surface area (Å²) < 4.78 is 6.47. The number of carboxylic acids is 1. The number of nitriles is 1. The lowest BCUT2D eigenvalue weighted by Crippen LogP contribution is -2.13. The molecule has 0 aliphatic carbocycles. The molecule has 0 saturated carbocycles. The van der Waals surface area contributed by atoms with Crippen LogP contribution in [0, 0.1) is 11.3 Å². The molecule has 0 saturated heterocycles. The van der Waals surface area contributed by atoms with Crippen molar-refractivity contribution in [1.29, 1.82) is 5.26 Å². The van der Waals surface area contributed by atoms with Gasteiger partial charge in [-0.05, 0) is 80.3 Å². The molecule has 35 heavy (non-hydrogen) atoms. The summed E-state index contributed by atoms with van der Waals surface area (Å²) in [4.78, 5) is 23.6. The maximum Gasteiger partial charge on any atom is 0.335 e. The van der Waals surface area contributed by atoms with E-state index in [1.165, 1.54) is 18.2 Å². The third kappa shape index (κ3) is 5.94. The van der Waals surface area contributed by atoms with Crippen molar-refractivity contribution < 1.29 is 19.4 Å². The van der Waals surface area contributed by atoms with Crippen LogP contribution >= 0.6 is 15.9 Å². The van der Waals surface area contributed by atoms with Crippen LogP contribution in [0.4, 0.5) is 5.69 Å². The molecular formula is C28H19BrN2O4. The fourth-order valence-electron chi connectivity index (χ4n) is 3.41. The zero-order valence-electron chi connectivity index (χ0n) is 18.4. The van der Waals surface area contributed by atoms with Crippen molar-refractivity contribution in [3.8, 4) is 11.8 Å². The average Bonchev–Trinajstić information content (AvgIpc) is 2.86. The zero-order valence-corrected chi connectivity index (χ0v) is 20.0. The molecule has 1 amide bonds. The monoisotopic (exact) mass is 526 g/mol. The second-order valence-corrected chi connectivity index (χ2v) is 8.52. The van der Waals surface area contributed by atoms with E-state index in [0.717, 1.165) is 16.3 Å². The van der Waals surface area contributed by atoms with Gasteiger partial charge in [0.25, 0.3) is 5.91 Å². The van der Waals surface area contributed by atoms with Crippen molar-refractivity contribution >= 4 is 50.3 Å². The van der Waals surface area contributed by atoms with Crippen LogP contribution < -0.4 is 10.1 Å². The Hall–Kier alpha value is -4.41. The summed E-state index contributed by atoms with van der Waals surface area (Å²) in [5, 5.41) is 23.4. The van der Waals surface area contributed by atoms with Crippen molar-refractivity contribution in [3.05, 3.63) is 112 Å². The Balaban J connectivity index is 1.44. The SMILES string of the molecule is N#C/C(=C\c1ccc(OCc2ccc(C(=O)O)cc2)c(Br)c1)C(=O)Nc1ccc2ccccc2c1. The smallest absolute Gasteiger partial charge is 0.335 e.